The zero-order valence-electron chi connectivity index (χ0n) is 9.69. The molecule has 1 amide bonds. The van der Waals surface area contributed by atoms with Gasteiger partial charge in [-0.3, -0.25) is 4.79 Å². The highest BCUT2D eigenvalue weighted by molar-refractivity contribution is 7.99. The van der Waals surface area contributed by atoms with Gasteiger partial charge in [-0.25, -0.2) is 0 Å². The molecule has 3 nitrogen and oxygen atoms in total. The molecule has 1 rings (SSSR count). The van der Waals surface area contributed by atoms with Crippen LogP contribution in [0.5, 0.6) is 0 Å². The van der Waals surface area contributed by atoms with Crippen LogP contribution < -0.4 is 5.32 Å². The average molecular weight is 259 g/mol. The van der Waals surface area contributed by atoms with Gasteiger partial charge in [-0.05, 0) is 31.0 Å². The van der Waals surface area contributed by atoms with Gasteiger partial charge >= 0.3 is 0 Å². The van der Waals surface area contributed by atoms with E-state index in [1.807, 2.05) is 30.9 Å². The molecule has 0 aliphatic heterocycles. The van der Waals surface area contributed by atoms with Crippen LogP contribution in [0.1, 0.15) is 22.8 Å². The van der Waals surface area contributed by atoms with E-state index in [1.54, 1.807) is 11.8 Å². The molecule has 0 aromatic carbocycles. The van der Waals surface area contributed by atoms with Crippen molar-refractivity contribution < 1.29 is 9.90 Å². The lowest BCUT2D eigenvalue weighted by molar-refractivity contribution is 0.0936. The molecule has 0 bridgehead atoms. The molecule has 2 atom stereocenters. The summed E-state index contributed by atoms with van der Waals surface area (Å²) in [7, 11) is 0. The molecule has 16 heavy (non-hydrogen) atoms. The molecule has 0 unspecified atom stereocenters. The summed E-state index contributed by atoms with van der Waals surface area (Å²) in [6.07, 6.45) is 1.93. The third-order valence-corrected chi connectivity index (χ3v) is 4.52. The SMILES string of the molecule is CS[C@@H](CO)[C@H](C)NC(=O)c1cscc1C. The van der Waals surface area contributed by atoms with Crippen molar-refractivity contribution >= 4 is 29.0 Å². The van der Waals surface area contributed by atoms with Crippen LogP contribution in [0.25, 0.3) is 0 Å². The monoisotopic (exact) mass is 259 g/mol. The first-order chi connectivity index (χ1) is 7.60. The lowest BCUT2D eigenvalue weighted by Crippen LogP contribution is -2.41. The van der Waals surface area contributed by atoms with Gasteiger partial charge in [0.25, 0.3) is 5.91 Å². The number of thioether (sulfide) groups is 1. The maximum Gasteiger partial charge on any atom is 0.252 e. The summed E-state index contributed by atoms with van der Waals surface area (Å²) >= 11 is 3.09. The number of thiophene rings is 1. The van der Waals surface area contributed by atoms with E-state index in [1.165, 1.54) is 11.3 Å². The molecule has 0 aliphatic carbocycles. The first kappa shape index (κ1) is 13.5. The zero-order valence-corrected chi connectivity index (χ0v) is 11.3. The van der Waals surface area contributed by atoms with E-state index in [9.17, 15) is 4.79 Å². The Bertz CT molecular complexity index is 348. The largest absolute Gasteiger partial charge is 0.395 e. The summed E-state index contributed by atoms with van der Waals surface area (Å²) in [6.45, 7) is 3.91. The number of aryl methyl sites for hydroxylation is 1. The first-order valence-corrected chi connectivity index (χ1v) is 7.30. The summed E-state index contributed by atoms with van der Waals surface area (Å²) in [6, 6.07) is -0.0354. The van der Waals surface area contributed by atoms with Gasteiger partial charge in [0.2, 0.25) is 0 Å². The van der Waals surface area contributed by atoms with Crippen LogP contribution in [0, 0.1) is 6.92 Å². The quantitative estimate of drug-likeness (QED) is 0.849. The van der Waals surface area contributed by atoms with E-state index >= 15 is 0 Å². The number of hydrogen-bond donors (Lipinski definition) is 2. The Labute approximate surface area is 104 Å². The van der Waals surface area contributed by atoms with E-state index in [-0.39, 0.29) is 23.8 Å². The molecule has 1 aromatic heterocycles. The highest BCUT2D eigenvalue weighted by Gasteiger charge is 2.19. The summed E-state index contributed by atoms with van der Waals surface area (Å²) in [5.41, 5.74) is 1.73. The lowest BCUT2D eigenvalue weighted by Gasteiger charge is -2.21. The van der Waals surface area contributed by atoms with Crippen molar-refractivity contribution in [3.63, 3.8) is 0 Å². The van der Waals surface area contributed by atoms with Gasteiger partial charge in [0.05, 0.1) is 12.2 Å². The van der Waals surface area contributed by atoms with Gasteiger partial charge < -0.3 is 10.4 Å². The van der Waals surface area contributed by atoms with E-state index in [2.05, 4.69) is 5.32 Å². The number of amides is 1. The predicted octanol–water partition coefficient (Wildman–Crippen LogP) is 1.90. The maximum absolute atomic E-state index is 11.9. The van der Waals surface area contributed by atoms with Crippen molar-refractivity contribution in [2.24, 2.45) is 0 Å². The Kier molecular flexibility index (Phi) is 5.31. The van der Waals surface area contributed by atoms with Crippen LogP contribution in [0.4, 0.5) is 0 Å². The Balaban J connectivity index is 2.61. The van der Waals surface area contributed by atoms with Crippen LogP contribution in [-0.4, -0.2) is 35.2 Å². The van der Waals surface area contributed by atoms with Crippen LogP contribution >= 0.6 is 23.1 Å². The van der Waals surface area contributed by atoms with Crippen LogP contribution in [0.2, 0.25) is 0 Å². The predicted molar refractivity (Wildman–Crippen MR) is 70.4 cm³/mol. The fourth-order valence-electron chi connectivity index (χ4n) is 1.41. The summed E-state index contributed by atoms with van der Waals surface area (Å²) in [5.74, 6) is -0.0567. The van der Waals surface area contributed by atoms with E-state index in [4.69, 9.17) is 5.11 Å². The standard InChI is InChI=1S/C11H17NO2S2/c1-7-5-16-6-9(7)11(14)12-8(2)10(4-13)15-3/h5-6,8,10,13H,4H2,1-3H3,(H,12,14)/t8-,10-/m0/s1. The zero-order chi connectivity index (χ0) is 12.1. The van der Waals surface area contributed by atoms with Gasteiger partial charge in [-0.15, -0.1) is 0 Å². The average Bonchev–Trinajstić information content (AvgIpc) is 2.66. The van der Waals surface area contributed by atoms with Crippen LogP contribution in [-0.2, 0) is 0 Å². The smallest absolute Gasteiger partial charge is 0.252 e. The molecular formula is C11H17NO2S2. The molecule has 0 saturated carbocycles. The number of nitrogens with one attached hydrogen (secondary N) is 1. The number of carbonyl (C=O) groups excluding carboxylic acids is 1. The highest BCUT2D eigenvalue weighted by Crippen LogP contribution is 2.15. The molecule has 0 spiro atoms. The topological polar surface area (TPSA) is 49.3 Å². The molecule has 2 N–H and O–H groups in total. The molecule has 0 radical (unpaired) electrons. The van der Waals surface area contributed by atoms with Crippen molar-refractivity contribution in [3.8, 4) is 0 Å². The second kappa shape index (κ2) is 6.27. The second-order valence-corrected chi connectivity index (χ2v) is 5.51. The molecule has 90 valence electrons. The summed E-state index contributed by atoms with van der Waals surface area (Å²) in [5, 5.41) is 15.9. The van der Waals surface area contributed by atoms with Crippen molar-refractivity contribution in [1.29, 1.82) is 0 Å². The minimum atomic E-state index is -0.0567. The van der Waals surface area contributed by atoms with Crippen LogP contribution in [0.15, 0.2) is 10.8 Å². The molecular weight excluding hydrogens is 242 g/mol. The lowest BCUT2D eigenvalue weighted by atomic mass is 10.2. The molecule has 0 saturated heterocycles. The third-order valence-electron chi connectivity index (χ3n) is 2.50. The Morgan fingerprint density at radius 3 is 2.75 bits per heavy atom. The molecule has 1 heterocycles. The number of aliphatic hydroxyl groups is 1. The minimum absolute atomic E-state index is 0.0354. The van der Waals surface area contributed by atoms with E-state index in [0.29, 0.717) is 0 Å². The van der Waals surface area contributed by atoms with Gasteiger partial charge in [-0.1, -0.05) is 0 Å². The van der Waals surface area contributed by atoms with E-state index < -0.39 is 0 Å². The number of aliphatic hydroxyl groups excluding tert-OH is 1. The van der Waals surface area contributed by atoms with Gasteiger partial charge in [-0.2, -0.15) is 23.1 Å². The van der Waals surface area contributed by atoms with E-state index in [0.717, 1.165) is 11.1 Å². The van der Waals surface area contributed by atoms with Crippen molar-refractivity contribution in [3.05, 3.63) is 21.9 Å². The number of carbonyl (C=O) groups is 1. The van der Waals surface area contributed by atoms with Crippen LogP contribution in [0.3, 0.4) is 0 Å². The molecule has 1 aromatic rings. The Hall–Kier alpha value is -0.520. The highest BCUT2D eigenvalue weighted by atomic mass is 32.2. The summed E-state index contributed by atoms with van der Waals surface area (Å²) < 4.78 is 0. The first-order valence-electron chi connectivity index (χ1n) is 5.07. The normalized spacial score (nSPS) is 14.5. The van der Waals surface area contributed by atoms with Gasteiger partial charge in [0, 0.05) is 16.7 Å². The number of rotatable bonds is 5. The number of hydrogen-bond acceptors (Lipinski definition) is 4. The molecule has 0 fully saturated rings. The minimum Gasteiger partial charge on any atom is -0.395 e. The fourth-order valence-corrected chi connectivity index (χ4v) is 2.86. The second-order valence-electron chi connectivity index (χ2n) is 3.69. The van der Waals surface area contributed by atoms with Gasteiger partial charge in [0.15, 0.2) is 0 Å². The van der Waals surface area contributed by atoms with Crippen molar-refractivity contribution in [2.75, 3.05) is 12.9 Å². The molecule has 0 aliphatic rings. The Morgan fingerprint density at radius 1 is 1.62 bits per heavy atom. The van der Waals surface area contributed by atoms with Crippen molar-refractivity contribution in [2.45, 2.75) is 25.1 Å². The molecule has 5 heteroatoms. The Morgan fingerprint density at radius 2 is 2.31 bits per heavy atom. The maximum atomic E-state index is 11.9. The summed E-state index contributed by atoms with van der Waals surface area (Å²) in [4.78, 5) is 11.9. The fraction of sp³-hybridized carbons (Fsp3) is 0.545. The third kappa shape index (κ3) is 3.23. The van der Waals surface area contributed by atoms with Gasteiger partial charge in [0.1, 0.15) is 0 Å². The van der Waals surface area contributed by atoms with Crippen molar-refractivity contribution in [1.82, 2.24) is 5.32 Å².